The molecule has 1 aliphatic heterocycles. The summed E-state index contributed by atoms with van der Waals surface area (Å²) in [5.74, 6) is 0.288. The number of nitrogens with two attached hydrogens (primary N) is 1. The highest BCUT2D eigenvalue weighted by Crippen LogP contribution is 2.21. The predicted octanol–water partition coefficient (Wildman–Crippen LogP) is 0.519. The number of nitrogens with zero attached hydrogens (tertiary/aromatic N) is 1. The van der Waals surface area contributed by atoms with E-state index in [-0.39, 0.29) is 17.8 Å². The third-order valence-electron chi connectivity index (χ3n) is 2.24. The van der Waals surface area contributed by atoms with Gasteiger partial charge in [0.25, 0.3) is 11.9 Å². The maximum Gasteiger partial charge on any atom is 0.291 e. The molecule has 4 heteroatoms. The van der Waals surface area contributed by atoms with Crippen molar-refractivity contribution < 1.29 is 9.53 Å². The first-order chi connectivity index (χ1) is 5.52. The zero-order chi connectivity index (χ0) is 9.30. The summed E-state index contributed by atoms with van der Waals surface area (Å²) in [7, 11) is 0. The minimum Gasteiger partial charge on any atom is -0.451 e. The first-order valence-electron chi connectivity index (χ1n) is 4.07. The molecule has 0 spiro atoms. The molecule has 1 amide bonds. The standard InChI is InChI=1S/C8H14N2O2/c1-4(2)5(3)6-7(11)10-8(9)12-6/h4-6H,1-3H3,(H2,9,10,11). The summed E-state index contributed by atoms with van der Waals surface area (Å²) >= 11 is 0. The van der Waals surface area contributed by atoms with Crippen LogP contribution in [-0.2, 0) is 9.53 Å². The third kappa shape index (κ3) is 1.57. The Bertz CT molecular complexity index is 223. The Morgan fingerprint density at radius 2 is 2.08 bits per heavy atom. The molecule has 2 unspecified atom stereocenters. The lowest BCUT2D eigenvalue weighted by Gasteiger charge is -2.19. The second-order valence-corrected chi connectivity index (χ2v) is 3.43. The molecule has 2 N–H and O–H groups in total. The molecule has 0 aliphatic carbocycles. The van der Waals surface area contributed by atoms with E-state index in [1.807, 2.05) is 20.8 Å². The molecule has 0 bridgehead atoms. The largest absolute Gasteiger partial charge is 0.451 e. The molecule has 1 heterocycles. The van der Waals surface area contributed by atoms with Gasteiger partial charge in [-0.1, -0.05) is 20.8 Å². The fourth-order valence-electron chi connectivity index (χ4n) is 1.06. The molecule has 68 valence electrons. The molecule has 12 heavy (non-hydrogen) atoms. The average molecular weight is 170 g/mol. The molecule has 1 rings (SSSR count). The maximum atomic E-state index is 11.1. The fourth-order valence-corrected chi connectivity index (χ4v) is 1.06. The van der Waals surface area contributed by atoms with E-state index in [4.69, 9.17) is 10.5 Å². The fraction of sp³-hybridized carbons (Fsp3) is 0.750. The van der Waals surface area contributed by atoms with Gasteiger partial charge in [0, 0.05) is 5.92 Å². The Kier molecular flexibility index (Phi) is 2.35. The number of hydrogen-bond donors (Lipinski definition) is 1. The lowest BCUT2D eigenvalue weighted by atomic mass is 9.92. The third-order valence-corrected chi connectivity index (χ3v) is 2.24. The minimum atomic E-state index is -0.468. The first-order valence-corrected chi connectivity index (χ1v) is 4.07. The normalized spacial score (nSPS) is 25.5. The maximum absolute atomic E-state index is 11.1. The van der Waals surface area contributed by atoms with Crippen LogP contribution >= 0.6 is 0 Å². The van der Waals surface area contributed by atoms with Crippen LogP contribution in [-0.4, -0.2) is 18.0 Å². The molecule has 2 atom stereocenters. The highest BCUT2D eigenvalue weighted by Gasteiger charge is 2.34. The Hall–Kier alpha value is -1.06. The van der Waals surface area contributed by atoms with Gasteiger partial charge in [-0.25, -0.2) is 0 Å². The van der Waals surface area contributed by atoms with Crippen LogP contribution in [0.4, 0.5) is 0 Å². The number of amides is 1. The quantitative estimate of drug-likeness (QED) is 0.657. The second-order valence-electron chi connectivity index (χ2n) is 3.43. The van der Waals surface area contributed by atoms with Crippen LogP contribution in [0.2, 0.25) is 0 Å². The summed E-state index contributed by atoms with van der Waals surface area (Å²) < 4.78 is 5.07. The van der Waals surface area contributed by atoms with Gasteiger partial charge in [-0.15, -0.1) is 0 Å². The van der Waals surface area contributed by atoms with Crippen molar-refractivity contribution in [2.75, 3.05) is 0 Å². The first kappa shape index (κ1) is 9.03. The topological polar surface area (TPSA) is 64.7 Å². The summed E-state index contributed by atoms with van der Waals surface area (Å²) in [5, 5.41) is 0. The number of carbonyl (C=O) groups excluding carboxylic acids is 1. The van der Waals surface area contributed by atoms with Gasteiger partial charge >= 0.3 is 0 Å². The molecule has 0 aromatic rings. The van der Waals surface area contributed by atoms with Gasteiger partial charge in [-0.05, 0) is 5.92 Å². The van der Waals surface area contributed by atoms with Crippen molar-refractivity contribution in [2.24, 2.45) is 22.6 Å². The van der Waals surface area contributed by atoms with Gasteiger partial charge < -0.3 is 10.5 Å². The van der Waals surface area contributed by atoms with Crippen LogP contribution in [0, 0.1) is 11.8 Å². The number of hydrogen-bond acceptors (Lipinski definition) is 3. The number of carbonyl (C=O) groups is 1. The van der Waals surface area contributed by atoms with E-state index in [2.05, 4.69) is 4.99 Å². The summed E-state index contributed by atoms with van der Waals surface area (Å²) in [6.07, 6.45) is -0.468. The van der Waals surface area contributed by atoms with Gasteiger partial charge in [-0.2, -0.15) is 4.99 Å². The van der Waals surface area contributed by atoms with Crippen LogP contribution in [0.3, 0.4) is 0 Å². The van der Waals surface area contributed by atoms with Crippen molar-refractivity contribution in [1.29, 1.82) is 0 Å². The SMILES string of the molecule is CC(C)C(C)C1OC(N)=NC1=O. The Balaban J connectivity index is 2.63. The lowest BCUT2D eigenvalue weighted by Crippen LogP contribution is -2.30. The summed E-state index contributed by atoms with van der Waals surface area (Å²) in [5.41, 5.74) is 5.26. The Morgan fingerprint density at radius 1 is 1.50 bits per heavy atom. The lowest BCUT2D eigenvalue weighted by molar-refractivity contribution is -0.125. The minimum absolute atomic E-state index is 0.00231. The van der Waals surface area contributed by atoms with Crippen LogP contribution in [0.5, 0.6) is 0 Å². The van der Waals surface area contributed by atoms with Crippen molar-refractivity contribution >= 4 is 11.9 Å². The van der Waals surface area contributed by atoms with Crippen LogP contribution < -0.4 is 5.73 Å². The molecule has 0 aromatic heterocycles. The van der Waals surface area contributed by atoms with E-state index >= 15 is 0 Å². The number of ether oxygens (including phenoxy) is 1. The molecular weight excluding hydrogens is 156 g/mol. The molecule has 0 saturated carbocycles. The highest BCUT2D eigenvalue weighted by atomic mass is 16.5. The summed E-state index contributed by atoms with van der Waals surface area (Å²) in [6, 6.07) is -0.00231. The average Bonchev–Trinajstić information content (AvgIpc) is 2.28. The predicted molar refractivity (Wildman–Crippen MR) is 45.5 cm³/mol. The van der Waals surface area contributed by atoms with E-state index in [9.17, 15) is 4.79 Å². The zero-order valence-corrected chi connectivity index (χ0v) is 7.57. The van der Waals surface area contributed by atoms with Gasteiger partial charge in [0.15, 0.2) is 6.10 Å². The molecule has 1 aliphatic rings. The van der Waals surface area contributed by atoms with Crippen molar-refractivity contribution in [1.82, 2.24) is 0 Å². The van der Waals surface area contributed by atoms with E-state index in [1.165, 1.54) is 0 Å². The molecule has 0 fully saturated rings. The number of aliphatic imine (C=N–C) groups is 1. The van der Waals surface area contributed by atoms with Crippen molar-refractivity contribution in [3.05, 3.63) is 0 Å². The van der Waals surface area contributed by atoms with E-state index in [0.717, 1.165) is 0 Å². The zero-order valence-electron chi connectivity index (χ0n) is 7.57. The van der Waals surface area contributed by atoms with Crippen molar-refractivity contribution in [3.63, 3.8) is 0 Å². The van der Waals surface area contributed by atoms with Crippen LogP contribution in [0.1, 0.15) is 20.8 Å². The second kappa shape index (κ2) is 3.13. The molecule has 0 radical (unpaired) electrons. The van der Waals surface area contributed by atoms with Gasteiger partial charge in [-0.3, -0.25) is 4.79 Å². The molecular formula is C8H14N2O2. The molecule has 0 saturated heterocycles. The number of rotatable bonds is 2. The molecule has 4 nitrogen and oxygen atoms in total. The van der Waals surface area contributed by atoms with Gasteiger partial charge in [0.2, 0.25) is 0 Å². The van der Waals surface area contributed by atoms with Crippen LogP contribution in [0.15, 0.2) is 4.99 Å². The van der Waals surface area contributed by atoms with Crippen LogP contribution in [0.25, 0.3) is 0 Å². The Labute approximate surface area is 71.8 Å². The van der Waals surface area contributed by atoms with Gasteiger partial charge in [0.1, 0.15) is 0 Å². The van der Waals surface area contributed by atoms with E-state index in [1.54, 1.807) is 0 Å². The Morgan fingerprint density at radius 3 is 2.42 bits per heavy atom. The summed E-state index contributed by atoms with van der Waals surface area (Å²) in [6.45, 7) is 6.03. The van der Waals surface area contributed by atoms with E-state index < -0.39 is 6.10 Å². The number of amidine groups is 1. The van der Waals surface area contributed by atoms with Crippen molar-refractivity contribution in [2.45, 2.75) is 26.9 Å². The highest BCUT2D eigenvalue weighted by molar-refractivity contribution is 5.97. The smallest absolute Gasteiger partial charge is 0.291 e. The molecule has 0 aromatic carbocycles. The van der Waals surface area contributed by atoms with E-state index in [0.29, 0.717) is 5.92 Å². The monoisotopic (exact) mass is 170 g/mol. The van der Waals surface area contributed by atoms with Gasteiger partial charge in [0.05, 0.1) is 0 Å². The summed E-state index contributed by atoms with van der Waals surface area (Å²) in [4.78, 5) is 14.6. The van der Waals surface area contributed by atoms with Crippen molar-refractivity contribution in [3.8, 4) is 0 Å².